The van der Waals surface area contributed by atoms with Crippen LogP contribution in [0.25, 0.3) is 0 Å². The highest BCUT2D eigenvalue weighted by molar-refractivity contribution is 6.11. The van der Waals surface area contributed by atoms with Crippen LogP contribution < -0.4 is 10.6 Å². The molecule has 0 aromatic heterocycles. The van der Waals surface area contributed by atoms with Crippen LogP contribution in [0.2, 0.25) is 0 Å². The Morgan fingerprint density at radius 3 is 2.69 bits per heavy atom. The van der Waals surface area contributed by atoms with Crippen LogP contribution in [0.1, 0.15) is 11.1 Å². The summed E-state index contributed by atoms with van der Waals surface area (Å²) in [5.74, 6) is -1.19. The molecular formula is C20H21FN2O3. The van der Waals surface area contributed by atoms with Crippen molar-refractivity contribution in [1.82, 2.24) is 5.32 Å². The van der Waals surface area contributed by atoms with Gasteiger partial charge in [-0.1, -0.05) is 30.3 Å². The second-order valence-corrected chi connectivity index (χ2v) is 6.41. The monoisotopic (exact) mass is 356 g/mol. The van der Waals surface area contributed by atoms with Gasteiger partial charge in [-0.25, -0.2) is 4.39 Å². The van der Waals surface area contributed by atoms with E-state index in [2.05, 4.69) is 10.6 Å². The van der Waals surface area contributed by atoms with Crippen molar-refractivity contribution in [3.05, 3.63) is 65.5 Å². The van der Waals surface area contributed by atoms with Crippen molar-refractivity contribution in [1.29, 1.82) is 0 Å². The van der Waals surface area contributed by atoms with E-state index < -0.39 is 11.4 Å². The molecule has 26 heavy (non-hydrogen) atoms. The summed E-state index contributed by atoms with van der Waals surface area (Å²) in [4.78, 5) is 25.1. The first kappa shape index (κ1) is 18.1. The molecule has 1 atom stereocenters. The van der Waals surface area contributed by atoms with Crippen LogP contribution in [0.3, 0.4) is 0 Å². The fraction of sp³-hybridized carbons (Fsp3) is 0.300. The van der Waals surface area contributed by atoms with Crippen molar-refractivity contribution in [2.45, 2.75) is 12.8 Å². The number of benzene rings is 2. The molecule has 5 nitrogen and oxygen atoms in total. The molecule has 0 fully saturated rings. The molecule has 2 aromatic rings. The number of anilines is 1. The van der Waals surface area contributed by atoms with E-state index in [0.717, 1.165) is 16.8 Å². The molecule has 1 heterocycles. The molecule has 1 amide bonds. The number of carbonyl (C=O) groups is 2. The SMILES string of the molecule is COC(=O)C1(CNCCc2ccc(F)cc2)Cc2ccccc2NC1=O. The number of ether oxygens (including phenoxy) is 1. The van der Waals surface area contributed by atoms with E-state index in [1.807, 2.05) is 24.3 Å². The molecule has 1 unspecified atom stereocenters. The minimum Gasteiger partial charge on any atom is -0.468 e. The number of fused-ring (bicyclic) bond motifs is 1. The van der Waals surface area contributed by atoms with Gasteiger partial charge in [-0.2, -0.15) is 0 Å². The second-order valence-electron chi connectivity index (χ2n) is 6.41. The first-order chi connectivity index (χ1) is 12.5. The third-order valence-electron chi connectivity index (χ3n) is 4.70. The van der Waals surface area contributed by atoms with Crippen molar-refractivity contribution in [2.24, 2.45) is 5.41 Å². The van der Waals surface area contributed by atoms with Crippen LogP contribution in [0.5, 0.6) is 0 Å². The molecule has 3 rings (SSSR count). The van der Waals surface area contributed by atoms with Crippen molar-refractivity contribution in [2.75, 3.05) is 25.5 Å². The summed E-state index contributed by atoms with van der Waals surface area (Å²) in [5.41, 5.74) is 1.30. The van der Waals surface area contributed by atoms with Crippen LogP contribution in [0.4, 0.5) is 10.1 Å². The summed E-state index contributed by atoms with van der Waals surface area (Å²) in [5, 5.41) is 5.99. The van der Waals surface area contributed by atoms with Crippen LogP contribution in [0, 0.1) is 11.2 Å². The highest BCUT2D eigenvalue weighted by Crippen LogP contribution is 2.34. The Hall–Kier alpha value is -2.73. The number of carbonyl (C=O) groups excluding carboxylic acids is 2. The zero-order valence-corrected chi connectivity index (χ0v) is 14.5. The van der Waals surface area contributed by atoms with Crippen LogP contribution in [0.15, 0.2) is 48.5 Å². The maximum atomic E-state index is 12.9. The topological polar surface area (TPSA) is 67.4 Å². The Morgan fingerprint density at radius 1 is 1.23 bits per heavy atom. The van der Waals surface area contributed by atoms with Gasteiger partial charge in [0.25, 0.3) is 0 Å². The maximum Gasteiger partial charge on any atom is 0.323 e. The Kier molecular flexibility index (Phi) is 5.32. The van der Waals surface area contributed by atoms with Gasteiger partial charge < -0.3 is 15.4 Å². The Morgan fingerprint density at radius 2 is 1.96 bits per heavy atom. The number of nitrogens with one attached hydrogen (secondary N) is 2. The predicted molar refractivity (Wildman–Crippen MR) is 96.2 cm³/mol. The van der Waals surface area contributed by atoms with Gasteiger partial charge in [-0.15, -0.1) is 0 Å². The summed E-state index contributed by atoms with van der Waals surface area (Å²) < 4.78 is 17.9. The fourth-order valence-electron chi connectivity index (χ4n) is 3.20. The molecule has 0 saturated heterocycles. The smallest absolute Gasteiger partial charge is 0.323 e. The van der Waals surface area contributed by atoms with Gasteiger partial charge in [0.2, 0.25) is 5.91 Å². The van der Waals surface area contributed by atoms with Crippen molar-refractivity contribution in [3.8, 4) is 0 Å². The lowest BCUT2D eigenvalue weighted by Gasteiger charge is -2.34. The van der Waals surface area contributed by atoms with E-state index in [1.165, 1.54) is 19.2 Å². The van der Waals surface area contributed by atoms with Crippen molar-refractivity contribution < 1.29 is 18.7 Å². The zero-order valence-electron chi connectivity index (χ0n) is 14.5. The van der Waals surface area contributed by atoms with Gasteiger partial charge in [0.15, 0.2) is 5.41 Å². The first-order valence-corrected chi connectivity index (χ1v) is 8.48. The summed E-state index contributed by atoms with van der Waals surface area (Å²) in [6, 6.07) is 13.7. The molecule has 0 saturated carbocycles. The minimum absolute atomic E-state index is 0.168. The molecule has 136 valence electrons. The quantitative estimate of drug-likeness (QED) is 0.474. The molecule has 0 aliphatic carbocycles. The van der Waals surface area contributed by atoms with Gasteiger partial charge in [0.05, 0.1) is 7.11 Å². The zero-order chi connectivity index (χ0) is 18.6. The molecule has 0 radical (unpaired) electrons. The van der Waals surface area contributed by atoms with E-state index in [4.69, 9.17) is 4.74 Å². The van der Waals surface area contributed by atoms with E-state index in [1.54, 1.807) is 12.1 Å². The molecule has 1 aliphatic rings. The summed E-state index contributed by atoms with van der Waals surface area (Å²) in [6.45, 7) is 0.723. The summed E-state index contributed by atoms with van der Waals surface area (Å²) in [6.07, 6.45) is 0.945. The standard InChI is InChI=1S/C20H21FN2O3/c1-26-19(25)20(12-15-4-2-3-5-17(15)23-18(20)24)13-22-11-10-14-6-8-16(21)9-7-14/h2-9,22H,10-13H2,1H3,(H,23,24). The third kappa shape index (κ3) is 3.60. The molecule has 0 spiro atoms. The third-order valence-corrected chi connectivity index (χ3v) is 4.70. The highest BCUT2D eigenvalue weighted by atomic mass is 19.1. The molecule has 1 aliphatic heterocycles. The average molecular weight is 356 g/mol. The second kappa shape index (κ2) is 7.66. The van der Waals surface area contributed by atoms with Crippen LogP contribution >= 0.6 is 0 Å². The number of para-hydroxylation sites is 1. The van der Waals surface area contributed by atoms with Crippen LogP contribution in [-0.4, -0.2) is 32.1 Å². The number of hydrogen-bond donors (Lipinski definition) is 2. The fourth-order valence-corrected chi connectivity index (χ4v) is 3.20. The van der Waals surface area contributed by atoms with E-state index in [9.17, 15) is 14.0 Å². The highest BCUT2D eigenvalue weighted by Gasteiger charge is 2.49. The van der Waals surface area contributed by atoms with Crippen LogP contribution in [-0.2, 0) is 27.2 Å². The first-order valence-electron chi connectivity index (χ1n) is 8.48. The lowest BCUT2D eigenvalue weighted by molar-refractivity contribution is -0.157. The van der Waals surface area contributed by atoms with Gasteiger partial charge in [-0.05, 0) is 42.3 Å². The van der Waals surface area contributed by atoms with E-state index in [-0.39, 0.29) is 24.7 Å². The largest absolute Gasteiger partial charge is 0.468 e. The minimum atomic E-state index is -1.30. The predicted octanol–water partition coefficient (Wildman–Crippen LogP) is 2.31. The van der Waals surface area contributed by atoms with Crippen molar-refractivity contribution >= 4 is 17.6 Å². The number of amides is 1. The van der Waals surface area contributed by atoms with Gasteiger partial charge in [-0.3, -0.25) is 9.59 Å². The Balaban J connectivity index is 1.69. The van der Waals surface area contributed by atoms with Crippen molar-refractivity contribution in [3.63, 3.8) is 0 Å². The summed E-state index contributed by atoms with van der Waals surface area (Å²) in [7, 11) is 1.29. The summed E-state index contributed by atoms with van der Waals surface area (Å²) >= 11 is 0. The number of rotatable bonds is 6. The lowest BCUT2D eigenvalue weighted by Crippen LogP contribution is -2.54. The number of methoxy groups -OCH3 is 1. The average Bonchev–Trinajstić information content (AvgIpc) is 2.66. The molecule has 2 aromatic carbocycles. The molecule has 0 bridgehead atoms. The number of hydrogen-bond acceptors (Lipinski definition) is 4. The normalized spacial score (nSPS) is 18.8. The van der Waals surface area contributed by atoms with Gasteiger partial charge >= 0.3 is 5.97 Å². The van der Waals surface area contributed by atoms with Gasteiger partial charge in [0, 0.05) is 18.7 Å². The lowest BCUT2D eigenvalue weighted by atomic mass is 9.77. The molecule has 6 heteroatoms. The number of halogens is 1. The molecular weight excluding hydrogens is 335 g/mol. The Labute approximate surface area is 151 Å². The maximum absolute atomic E-state index is 12.9. The Bertz CT molecular complexity index is 807. The van der Waals surface area contributed by atoms with Gasteiger partial charge in [0.1, 0.15) is 5.82 Å². The van der Waals surface area contributed by atoms with E-state index >= 15 is 0 Å². The number of esters is 1. The van der Waals surface area contributed by atoms with E-state index in [0.29, 0.717) is 13.0 Å². The molecule has 2 N–H and O–H groups in total.